The molecule has 4 nitrogen and oxygen atoms in total. The van der Waals surface area contributed by atoms with Gasteiger partial charge in [0, 0.05) is 38.7 Å². The van der Waals surface area contributed by atoms with Gasteiger partial charge in [0.15, 0.2) is 0 Å². The molecule has 3 fully saturated rings. The molecule has 1 unspecified atom stereocenters. The van der Waals surface area contributed by atoms with Crippen molar-refractivity contribution < 1.29 is 18.7 Å². The van der Waals surface area contributed by atoms with E-state index in [1.165, 1.54) is 12.1 Å². The Kier molecular flexibility index (Phi) is 5.53. The van der Waals surface area contributed by atoms with E-state index in [9.17, 15) is 9.18 Å². The Morgan fingerprint density at radius 2 is 2.00 bits per heavy atom. The number of hydrogen-bond acceptors (Lipinski definition) is 4. The van der Waals surface area contributed by atoms with Gasteiger partial charge in [-0.15, -0.1) is 11.8 Å². The largest absolute Gasteiger partial charge is 0.381 e. The Bertz CT molecular complexity index is 626. The van der Waals surface area contributed by atoms with Gasteiger partial charge in [0.2, 0.25) is 5.91 Å². The minimum Gasteiger partial charge on any atom is -0.381 e. The van der Waals surface area contributed by atoms with Crippen molar-refractivity contribution in [2.75, 3.05) is 38.7 Å². The van der Waals surface area contributed by atoms with Crippen LogP contribution in [0.2, 0.25) is 0 Å². The standard InChI is InChI=1S/C20H26FNO3S/c21-17-3-1-15(2-4-17)9-19(23)22-13-20(14-22)10-18(12-26-20)25-11-16-5-7-24-8-6-16/h1-4,16,18H,5-14H2. The number of rotatable bonds is 5. The molecule has 3 aliphatic heterocycles. The summed E-state index contributed by atoms with van der Waals surface area (Å²) in [5.74, 6) is 1.54. The Hall–Kier alpha value is -1.11. The van der Waals surface area contributed by atoms with Crippen LogP contribution < -0.4 is 0 Å². The summed E-state index contributed by atoms with van der Waals surface area (Å²) in [7, 11) is 0. The molecule has 3 heterocycles. The van der Waals surface area contributed by atoms with Crippen molar-refractivity contribution in [3.05, 3.63) is 35.6 Å². The average molecular weight is 379 g/mol. The van der Waals surface area contributed by atoms with E-state index < -0.39 is 0 Å². The average Bonchev–Trinajstić information content (AvgIpc) is 3.06. The third kappa shape index (κ3) is 4.24. The number of benzene rings is 1. The quantitative estimate of drug-likeness (QED) is 0.789. The smallest absolute Gasteiger partial charge is 0.227 e. The zero-order chi connectivity index (χ0) is 18.0. The van der Waals surface area contributed by atoms with E-state index in [0.717, 1.165) is 63.5 Å². The summed E-state index contributed by atoms with van der Waals surface area (Å²) in [5, 5.41) is 0. The van der Waals surface area contributed by atoms with Gasteiger partial charge in [-0.05, 0) is 42.9 Å². The van der Waals surface area contributed by atoms with Crippen LogP contribution in [-0.4, -0.2) is 60.3 Å². The van der Waals surface area contributed by atoms with Gasteiger partial charge in [-0.25, -0.2) is 4.39 Å². The number of hydrogen-bond donors (Lipinski definition) is 0. The maximum absolute atomic E-state index is 13.0. The van der Waals surface area contributed by atoms with Crippen LogP contribution in [-0.2, 0) is 20.7 Å². The van der Waals surface area contributed by atoms with E-state index in [1.54, 1.807) is 12.1 Å². The topological polar surface area (TPSA) is 38.8 Å². The molecular formula is C20H26FNO3S. The molecule has 6 heteroatoms. The van der Waals surface area contributed by atoms with E-state index >= 15 is 0 Å². The third-order valence-corrected chi connectivity index (χ3v) is 7.24. The van der Waals surface area contributed by atoms with Gasteiger partial charge in [-0.1, -0.05) is 12.1 Å². The Balaban J connectivity index is 1.20. The fourth-order valence-corrected chi connectivity index (χ4v) is 5.58. The lowest BCUT2D eigenvalue weighted by atomic mass is 9.92. The SMILES string of the molecule is O=C(Cc1ccc(F)cc1)N1CC2(CC(OCC3CCOCC3)CS2)C1. The summed E-state index contributed by atoms with van der Waals surface area (Å²) in [6, 6.07) is 6.20. The highest BCUT2D eigenvalue weighted by molar-refractivity contribution is 8.01. The maximum Gasteiger partial charge on any atom is 0.227 e. The highest BCUT2D eigenvalue weighted by atomic mass is 32.2. The number of carbonyl (C=O) groups excluding carboxylic acids is 1. The van der Waals surface area contributed by atoms with Crippen molar-refractivity contribution in [2.45, 2.75) is 36.5 Å². The molecule has 1 amide bonds. The van der Waals surface area contributed by atoms with Crippen LogP contribution in [0.1, 0.15) is 24.8 Å². The number of ether oxygens (including phenoxy) is 2. The number of amides is 1. The monoisotopic (exact) mass is 379 g/mol. The van der Waals surface area contributed by atoms with Crippen LogP contribution in [0.15, 0.2) is 24.3 Å². The van der Waals surface area contributed by atoms with E-state index in [-0.39, 0.29) is 16.5 Å². The number of nitrogens with zero attached hydrogens (tertiary/aromatic N) is 1. The molecule has 1 aromatic rings. The highest BCUT2D eigenvalue weighted by Gasteiger charge is 2.50. The van der Waals surface area contributed by atoms with Crippen molar-refractivity contribution in [1.29, 1.82) is 0 Å². The molecule has 0 saturated carbocycles. The molecule has 0 N–H and O–H groups in total. The second-order valence-corrected chi connectivity index (χ2v) is 9.25. The summed E-state index contributed by atoms with van der Waals surface area (Å²) < 4.78 is 24.7. The molecule has 142 valence electrons. The molecule has 4 rings (SSSR count). The lowest BCUT2D eigenvalue weighted by Gasteiger charge is -2.47. The maximum atomic E-state index is 13.0. The zero-order valence-corrected chi connectivity index (χ0v) is 15.8. The molecule has 0 bridgehead atoms. The van der Waals surface area contributed by atoms with E-state index in [0.29, 0.717) is 18.4 Å². The van der Waals surface area contributed by atoms with E-state index in [1.807, 2.05) is 16.7 Å². The van der Waals surface area contributed by atoms with Crippen LogP contribution in [0.5, 0.6) is 0 Å². The van der Waals surface area contributed by atoms with Crippen LogP contribution in [0.4, 0.5) is 4.39 Å². The van der Waals surface area contributed by atoms with Crippen molar-refractivity contribution in [3.63, 3.8) is 0 Å². The second-order valence-electron chi connectivity index (χ2n) is 7.76. The lowest BCUT2D eigenvalue weighted by Crippen LogP contribution is -2.61. The second kappa shape index (κ2) is 7.87. The summed E-state index contributed by atoms with van der Waals surface area (Å²) in [5.41, 5.74) is 0.870. The van der Waals surface area contributed by atoms with Gasteiger partial charge in [-0.3, -0.25) is 4.79 Å². The van der Waals surface area contributed by atoms with Crippen molar-refractivity contribution in [2.24, 2.45) is 5.92 Å². The van der Waals surface area contributed by atoms with Gasteiger partial charge in [0.25, 0.3) is 0 Å². The van der Waals surface area contributed by atoms with Gasteiger partial charge >= 0.3 is 0 Å². The lowest BCUT2D eigenvalue weighted by molar-refractivity contribution is -0.136. The highest BCUT2D eigenvalue weighted by Crippen LogP contribution is 2.46. The van der Waals surface area contributed by atoms with Gasteiger partial charge in [-0.2, -0.15) is 0 Å². The predicted molar refractivity (Wildman–Crippen MR) is 99.8 cm³/mol. The Labute approximate surface area is 158 Å². The van der Waals surface area contributed by atoms with Gasteiger partial charge in [0.1, 0.15) is 5.82 Å². The predicted octanol–water partition coefficient (Wildman–Crippen LogP) is 2.90. The molecule has 3 aliphatic rings. The zero-order valence-electron chi connectivity index (χ0n) is 15.0. The first-order chi connectivity index (χ1) is 12.6. The molecule has 26 heavy (non-hydrogen) atoms. The molecule has 1 atom stereocenters. The minimum atomic E-state index is -0.266. The Morgan fingerprint density at radius 1 is 1.27 bits per heavy atom. The summed E-state index contributed by atoms with van der Waals surface area (Å²) in [6.07, 6.45) is 3.93. The van der Waals surface area contributed by atoms with Gasteiger partial charge in [0.05, 0.1) is 17.3 Å². The van der Waals surface area contributed by atoms with Crippen LogP contribution in [0.3, 0.4) is 0 Å². The fourth-order valence-electron chi connectivity index (χ4n) is 4.03. The molecule has 3 saturated heterocycles. The molecular weight excluding hydrogens is 353 g/mol. The van der Waals surface area contributed by atoms with Crippen molar-refractivity contribution in [1.82, 2.24) is 4.90 Å². The van der Waals surface area contributed by atoms with Crippen molar-refractivity contribution >= 4 is 17.7 Å². The van der Waals surface area contributed by atoms with Crippen LogP contribution in [0, 0.1) is 11.7 Å². The van der Waals surface area contributed by atoms with Crippen LogP contribution in [0.25, 0.3) is 0 Å². The minimum absolute atomic E-state index is 0.134. The molecule has 1 aromatic carbocycles. The molecule has 0 radical (unpaired) electrons. The van der Waals surface area contributed by atoms with Crippen molar-refractivity contribution in [3.8, 4) is 0 Å². The number of thioether (sulfide) groups is 1. The normalized spacial score (nSPS) is 25.4. The fraction of sp³-hybridized carbons (Fsp3) is 0.650. The van der Waals surface area contributed by atoms with E-state index in [4.69, 9.17) is 9.47 Å². The number of halogens is 1. The number of likely N-dealkylation sites (tertiary alicyclic amines) is 1. The Morgan fingerprint density at radius 3 is 2.73 bits per heavy atom. The van der Waals surface area contributed by atoms with Gasteiger partial charge < -0.3 is 14.4 Å². The molecule has 0 aromatic heterocycles. The summed E-state index contributed by atoms with van der Waals surface area (Å²) in [6.45, 7) is 4.20. The first kappa shape index (κ1) is 18.3. The summed E-state index contributed by atoms with van der Waals surface area (Å²) >= 11 is 1.96. The first-order valence-corrected chi connectivity index (χ1v) is 10.5. The number of carbonyl (C=O) groups is 1. The first-order valence-electron chi connectivity index (χ1n) is 9.47. The molecule has 1 spiro atoms. The third-order valence-electron chi connectivity index (χ3n) is 5.66. The van der Waals surface area contributed by atoms with Crippen LogP contribution >= 0.6 is 11.8 Å². The van der Waals surface area contributed by atoms with E-state index in [2.05, 4.69) is 0 Å². The summed E-state index contributed by atoms with van der Waals surface area (Å²) in [4.78, 5) is 14.3. The molecule has 0 aliphatic carbocycles.